The number of amides is 1. The van der Waals surface area contributed by atoms with Gasteiger partial charge in [-0.05, 0) is 39.5 Å². The van der Waals surface area contributed by atoms with Gasteiger partial charge in [-0.1, -0.05) is 6.42 Å². The van der Waals surface area contributed by atoms with Crippen molar-refractivity contribution in [2.24, 2.45) is 5.92 Å². The third-order valence-corrected chi connectivity index (χ3v) is 6.54. The Morgan fingerprint density at radius 3 is 2.39 bits per heavy atom. The minimum atomic E-state index is -3.20. The fourth-order valence-electron chi connectivity index (χ4n) is 3.83. The summed E-state index contributed by atoms with van der Waals surface area (Å²) >= 11 is 0. The van der Waals surface area contributed by atoms with Gasteiger partial charge in [0, 0.05) is 38.3 Å². The molecule has 2 heterocycles. The standard InChI is InChI=1S/C16H31N3O3S/c1-13-6-4-7-14(2)19(13)11-9-17-16(20)15-8-5-10-18(12-15)23(3,21)22/h13-15H,4-12H2,1-3H3,(H,17,20)/t13-,14-,15-/m1/s1. The molecule has 0 saturated carbocycles. The predicted molar refractivity (Wildman–Crippen MR) is 91.6 cm³/mol. The van der Waals surface area contributed by atoms with Crippen molar-refractivity contribution >= 4 is 15.9 Å². The number of nitrogens with zero attached hydrogens (tertiary/aromatic N) is 2. The second kappa shape index (κ2) is 7.94. The van der Waals surface area contributed by atoms with Crippen molar-refractivity contribution in [3.63, 3.8) is 0 Å². The SMILES string of the molecule is C[C@@H]1CCC[C@@H](C)N1CCNC(=O)[C@@H]1CCCN(S(C)(=O)=O)C1. The molecule has 1 amide bonds. The first kappa shape index (κ1) is 18.7. The average Bonchev–Trinajstić information content (AvgIpc) is 2.49. The topological polar surface area (TPSA) is 69.7 Å². The van der Waals surface area contributed by atoms with Gasteiger partial charge in [-0.25, -0.2) is 12.7 Å². The Morgan fingerprint density at radius 2 is 1.78 bits per heavy atom. The molecule has 1 N–H and O–H groups in total. The van der Waals surface area contributed by atoms with Crippen LogP contribution >= 0.6 is 0 Å². The van der Waals surface area contributed by atoms with E-state index in [-0.39, 0.29) is 11.8 Å². The summed E-state index contributed by atoms with van der Waals surface area (Å²) in [7, 11) is -3.20. The lowest BCUT2D eigenvalue weighted by molar-refractivity contribution is -0.126. The van der Waals surface area contributed by atoms with Gasteiger partial charge < -0.3 is 5.32 Å². The van der Waals surface area contributed by atoms with Crippen LogP contribution in [0.4, 0.5) is 0 Å². The molecule has 0 aliphatic carbocycles. The second-order valence-corrected chi connectivity index (χ2v) is 9.10. The quantitative estimate of drug-likeness (QED) is 0.808. The van der Waals surface area contributed by atoms with Gasteiger partial charge in [0.15, 0.2) is 0 Å². The minimum Gasteiger partial charge on any atom is -0.355 e. The van der Waals surface area contributed by atoms with Crippen molar-refractivity contribution in [2.45, 2.75) is 58.0 Å². The summed E-state index contributed by atoms with van der Waals surface area (Å²) in [6.07, 6.45) is 6.48. The number of likely N-dealkylation sites (tertiary alicyclic amines) is 1. The number of hydrogen-bond acceptors (Lipinski definition) is 4. The third kappa shape index (κ3) is 5.16. The molecule has 6 nitrogen and oxygen atoms in total. The summed E-state index contributed by atoms with van der Waals surface area (Å²) in [5.74, 6) is -0.217. The molecule has 0 bridgehead atoms. The minimum absolute atomic E-state index is 0.00401. The zero-order chi connectivity index (χ0) is 17.0. The van der Waals surface area contributed by atoms with E-state index in [0.717, 1.165) is 19.4 Å². The van der Waals surface area contributed by atoms with E-state index in [2.05, 4.69) is 24.1 Å². The van der Waals surface area contributed by atoms with Crippen LogP contribution in [0.2, 0.25) is 0 Å². The molecule has 2 aliphatic rings. The van der Waals surface area contributed by atoms with Crippen LogP contribution in [0.5, 0.6) is 0 Å². The molecule has 134 valence electrons. The number of sulfonamides is 1. The van der Waals surface area contributed by atoms with E-state index in [1.807, 2.05) is 0 Å². The lowest BCUT2D eigenvalue weighted by atomic mass is 9.97. The summed E-state index contributed by atoms with van der Waals surface area (Å²) in [6.45, 7) is 6.87. The summed E-state index contributed by atoms with van der Waals surface area (Å²) < 4.78 is 24.7. The number of piperidine rings is 2. The van der Waals surface area contributed by atoms with Crippen LogP contribution in [0.1, 0.15) is 46.0 Å². The van der Waals surface area contributed by atoms with E-state index in [0.29, 0.717) is 31.7 Å². The van der Waals surface area contributed by atoms with E-state index in [1.54, 1.807) is 0 Å². The maximum absolute atomic E-state index is 12.3. The Labute approximate surface area is 140 Å². The zero-order valence-electron chi connectivity index (χ0n) is 14.6. The van der Waals surface area contributed by atoms with Crippen LogP contribution in [-0.4, -0.2) is 68.0 Å². The van der Waals surface area contributed by atoms with Gasteiger partial charge in [-0.15, -0.1) is 0 Å². The first-order valence-electron chi connectivity index (χ1n) is 8.77. The van der Waals surface area contributed by atoms with Crippen LogP contribution in [0.25, 0.3) is 0 Å². The molecule has 0 spiro atoms. The molecular formula is C16H31N3O3S. The van der Waals surface area contributed by atoms with Gasteiger partial charge in [0.1, 0.15) is 0 Å². The molecule has 23 heavy (non-hydrogen) atoms. The molecule has 0 aromatic heterocycles. The molecule has 0 unspecified atom stereocenters. The van der Waals surface area contributed by atoms with Crippen molar-refractivity contribution < 1.29 is 13.2 Å². The van der Waals surface area contributed by atoms with Crippen LogP contribution < -0.4 is 5.32 Å². The molecule has 2 fully saturated rings. The Bertz CT molecular complexity index is 499. The highest BCUT2D eigenvalue weighted by Crippen LogP contribution is 2.22. The summed E-state index contributed by atoms with van der Waals surface area (Å²) in [5.41, 5.74) is 0. The Morgan fingerprint density at radius 1 is 1.13 bits per heavy atom. The predicted octanol–water partition coefficient (Wildman–Crippen LogP) is 1.04. The second-order valence-electron chi connectivity index (χ2n) is 7.12. The molecule has 2 rings (SSSR count). The maximum atomic E-state index is 12.3. The largest absolute Gasteiger partial charge is 0.355 e. The maximum Gasteiger partial charge on any atom is 0.224 e. The lowest BCUT2D eigenvalue weighted by Gasteiger charge is -2.39. The molecule has 7 heteroatoms. The fourth-order valence-corrected chi connectivity index (χ4v) is 4.74. The van der Waals surface area contributed by atoms with Gasteiger partial charge in [0.2, 0.25) is 15.9 Å². The first-order valence-corrected chi connectivity index (χ1v) is 10.6. The van der Waals surface area contributed by atoms with Crippen molar-refractivity contribution in [3.05, 3.63) is 0 Å². The van der Waals surface area contributed by atoms with Crippen molar-refractivity contribution in [1.29, 1.82) is 0 Å². The van der Waals surface area contributed by atoms with Crippen molar-refractivity contribution in [1.82, 2.24) is 14.5 Å². The monoisotopic (exact) mass is 345 g/mol. The molecule has 2 aliphatic heterocycles. The summed E-state index contributed by atoms with van der Waals surface area (Å²) in [4.78, 5) is 14.8. The van der Waals surface area contributed by atoms with Crippen LogP contribution in [-0.2, 0) is 14.8 Å². The Balaban J connectivity index is 1.78. The van der Waals surface area contributed by atoms with Gasteiger partial charge in [0.25, 0.3) is 0 Å². The number of carbonyl (C=O) groups is 1. The van der Waals surface area contributed by atoms with Crippen molar-refractivity contribution in [3.8, 4) is 0 Å². The third-order valence-electron chi connectivity index (χ3n) is 5.27. The van der Waals surface area contributed by atoms with Crippen LogP contribution in [0.3, 0.4) is 0 Å². The number of hydrogen-bond donors (Lipinski definition) is 1. The van der Waals surface area contributed by atoms with Gasteiger partial charge in [0.05, 0.1) is 12.2 Å². The first-order chi connectivity index (χ1) is 10.8. The van der Waals surface area contributed by atoms with Crippen LogP contribution in [0.15, 0.2) is 0 Å². The molecular weight excluding hydrogens is 314 g/mol. The van der Waals surface area contributed by atoms with E-state index in [9.17, 15) is 13.2 Å². The average molecular weight is 346 g/mol. The number of rotatable bonds is 5. The van der Waals surface area contributed by atoms with Crippen LogP contribution in [0, 0.1) is 5.92 Å². The molecule has 3 atom stereocenters. The summed E-state index contributed by atoms with van der Waals surface area (Å²) in [5, 5.41) is 3.01. The normalized spacial score (nSPS) is 31.0. The molecule has 2 saturated heterocycles. The van der Waals surface area contributed by atoms with Crippen molar-refractivity contribution in [2.75, 3.05) is 32.4 Å². The highest BCUT2D eigenvalue weighted by atomic mass is 32.2. The Hall–Kier alpha value is -0.660. The number of carbonyl (C=O) groups excluding carboxylic acids is 1. The van der Waals surface area contributed by atoms with Gasteiger partial charge >= 0.3 is 0 Å². The Kier molecular flexibility index (Phi) is 6.45. The zero-order valence-corrected chi connectivity index (χ0v) is 15.4. The number of nitrogens with one attached hydrogen (secondary N) is 1. The summed E-state index contributed by atoms with van der Waals surface area (Å²) in [6, 6.07) is 1.15. The van der Waals surface area contributed by atoms with E-state index >= 15 is 0 Å². The molecule has 0 aromatic rings. The smallest absolute Gasteiger partial charge is 0.224 e. The van der Waals surface area contributed by atoms with E-state index in [4.69, 9.17) is 0 Å². The van der Waals surface area contributed by atoms with E-state index in [1.165, 1.54) is 29.8 Å². The highest BCUT2D eigenvalue weighted by Gasteiger charge is 2.30. The lowest BCUT2D eigenvalue weighted by Crippen LogP contribution is -2.49. The molecule has 0 radical (unpaired) electrons. The van der Waals surface area contributed by atoms with Gasteiger partial charge in [-0.3, -0.25) is 9.69 Å². The highest BCUT2D eigenvalue weighted by molar-refractivity contribution is 7.88. The van der Waals surface area contributed by atoms with E-state index < -0.39 is 10.0 Å². The fraction of sp³-hybridized carbons (Fsp3) is 0.938. The molecule has 0 aromatic carbocycles. The van der Waals surface area contributed by atoms with Gasteiger partial charge in [-0.2, -0.15) is 0 Å².